The van der Waals surface area contributed by atoms with Gasteiger partial charge in [0.2, 0.25) is 5.91 Å². The molecule has 17 heteroatoms. The minimum atomic E-state index is -0.315. The van der Waals surface area contributed by atoms with Gasteiger partial charge >= 0.3 is 0 Å². The quantitative estimate of drug-likeness (QED) is 0.0770. The van der Waals surface area contributed by atoms with E-state index in [1.165, 1.54) is 19.2 Å². The van der Waals surface area contributed by atoms with Gasteiger partial charge in [0.25, 0.3) is 11.8 Å². The summed E-state index contributed by atoms with van der Waals surface area (Å²) < 4.78 is 23.7. The molecule has 388 valence electrons. The van der Waals surface area contributed by atoms with Crippen molar-refractivity contribution in [2.24, 2.45) is 15.7 Å². The summed E-state index contributed by atoms with van der Waals surface area (Å²) in [6, 6.07) is 22.3. The summed E-state index contributed by atoms with van der Waals surface area (Å²) in [6.07, 6.45) is 11.1. The predicted molar refractivity (Wildman–Crippen MR) is 291 cm³/mol. The number of methoxy groups -OCH3 is 2. The number of hydrogen-bond acceptors (Lipinski definition) is 14. The van der Waals surface area contributed by atoms with Gasteiger partial charge in [-0.2, -0.15) is 0 Å². The number of hydrogen-bond donors (Lipinski definition) is 3. The van der Waals surface area contributed by atoms with Gasteiger partial charge in [-0.05, 0) is 79.7 Å². The van der Waals surface area contributed by atoms with E-state index in [4.69, 9.17) is 33.7 Å². The maximum atomic E-state index is 14.0. The Bertz CT molecular complexity index is 2690. The molecule has 9 rings (SSSR count). The number of nitrogens with zero attached hydrogens (tertiary/aromatic N) is 6. The normalized spacial score (nSPS) is 17.8. The smallest absolute Gasteiger partial charge is 0.260 e. The van der Waals surface area contributed by atoms with E-state index in [2.05, 4.69) is 71.3 Å². The number of carbonyl (C=O) groups excluding carboxylic acids is 4. The van der Waals surface area contributed by atoms with E-state index in [0.29, 0.717) is 89.9 Å². The molecule has 0 spiro atoms. The van der Waals surface area contributed by atoms with Crippen LogP contribution in [0.2, 0.25) is 0 Å². The van der Waals surface area contributed by atoms with Crippen LogP contribution in [0.4, 0.5) is 22.7 Å². The first-order chi connectivity index (χ1) is 34.9. The van der Waals surface area contributed by atoms with Crippen LogP contribution in [0.3, 0.4) is 0 Å². The molecule has 1 fully saturated rings. The van der Waals surface area contributed by atoms with Gasteiger partial charge in [-0.25, -0.2) is 0 Å². The lowest BCUT2D eigenvalue weighted by molar-refractivity contribution is -0.117. The minimum Gasteiger partial charge on any atom is -0.493 e. The van der Waals surface area contributed by atoms with Gasteiger partial charge in [0.05, 0.1) is 68.1 Å². The first-order valence-corrected chi connectivity index (χ1v) is 24.5. The third kappa shape index (κ3) is 13.0. The number of rotatable bonds is 15. The van der Waals surface area contributed by atoms with Crippen LogP contribution in [0, 0.1) is 0 Å². The molecule has 3 unspecified atom stereocenters. The summed E-state index contributed by atoms with van der Waals surface area (Å²) in [7, 11) is 6.99. The van der Waals surface area contributed by atoms with E-state index >= 15 is 0 Å². The van der Waals surface area contributed by atoms with E-state index in [1.807, 2.05) is 42.9 Å². The van der Waals surface area contributed by atoms with Crippen molar-refractivity contribution in [3.8, 4) is 23.0 Å². The number of anilines is 2. The molecular weight excluding hydrogens is 927 g/mol. The fraction of sp³-hybridized carbons (Fsp3) is 0.393. The number of fused-ring (bicyclic) bond motifs is 4. The summed E-state index contributed by atoms with van der Waals surface area (Å²) >= 11 is 0. The fourth-order valence-corrected chi connectivity index (χ4v) is 8.67. The van der Waals surface area contributed by atoms with Crippen molar-refractivity contribution in [1.82, 2.24) is 20.0 Å². The molecule has 5 aliphatic heterocycles. The standard InChI is InChI=1S/C50H54N8O7.C3H8.C2H5NO.CH4/c1-31(51-2)48(59)54-36-11-7-32(8-12-36)34-21-38-27-52-42-25-46(44(62-4)23-40(42)49(60)57(38)29-34)64-19-6-20-65-47-26-43-41(24-45(47)63-5)50(61)58-30-35(22-39(58)28-53-43)33-9-13-37(14-10-33)56-17-15-55(3)16-18-56;1-3-2;3-1-2-4;/h7-14,23-31,38-39,51H,6,15-22H2,1-5H3,(H,54,59);3H2,1-2H3;2H,1,3H2;1H4. The zero-order valence-electron chi connectivity index (χ0n) is 42.4. The van der Waals surface area contributed by atoms with Crippen LogP contribution in [0.25, 0.3) is 11.1 Å². The average Bonchev–Trinajstić information content (AvgIpc) is 3.99. The second kappa shape index (κ2) is 25.9. The monoisotopic (exact) mass is 998 g/mol. The Morgan fingerprint density at radius 2 is 1.21 bits per heavy atom. The molecule has 3 amide bonds. The zero-order valence-corrected chi connectivity index (χ0v) is 42.4. The van der Waals surface area contributed by atoms with Crippen molar-refractivity contribution >= 4 is 70.3 Å². The van der Waals surface area contributed by atoms with Crippen molar-refractivity contribution < 1.29 is 38.1 Å². The number of likely N-dealkylation sites (N-methyl/N-ethyl adjacent to an activating group) is 2. The van der Waals surface area contributed by atoms with Crippen LogP contribution in [-0.2, 0) is 9.59 Å². The highest BCUT2D eigenvalue weighted by atomic mass is 16.5. The van der Waals surface area contributed by atoms with Gasteiger partial charge in [0.1, 0.15) is 6.29 Å². The molecule has 0 aromatic heterocycles. The topological polar surface area (TPSA) is 193 Å². The van der Waals surface area contributed by atoms with Crippen molar-refractivity contribution in [2.75, 3.05) is 84.5 Å². The largest absolute Gasteiger partial charge is 0.493 e. The third-order valence-corrected chi connectivity index (χ3v) is 12.8. The number of nitrogens with one attached hydrogen (secondary N) is 2. The summed E-state index contributed by atoms with van der Waals surface area (Å²) in [5.41, 5.74) is 12.6. The summed E-state index contributed by atoms with van der Waals surface area (Å²) in [6.45, 7) is 10.9. The number of carbonyl (C=O) groups is 4. The van der Waals surface area contributed by atoms with Crippen molar-refractivity contribution in [3.63, 3.8) is 0 Å². The molecule has 5 heterocycles. The molecule has 1 saturated heterocycles. The SMILES string of the molecule is C.CCC.CNC(C)C(=O)Nc1ccc(C2=CN3C(=O)c4cc(OC)c(OCCCOc5cc6c(cc5OC)C(=O)N5C=C(c7ccc(N8CCN(C)CC8)cc7)CC5C=N6)cc4N=CC3C2)cc1.NCC=O. The molecule has 4 N–H and O–H groups in total. The number of piperazine rings is 1. The zero-order chi connectivity index (χ0) is 51.3. The first kappa shape index (κ1) is 55.0. The highest BCUT2D eigenvalue weighted by Crippen LogP contribution is 2.42. The maximum Gasteiger partial charge on any atom is 0.260 e. The Balaban J connectivity index is 0.00000102. The molecule has 0 saturated carbocycles. The lowest BCUT2D eigenvalue weighted by Crippen LogP contribution is -2.44. The molecule has 0 bridgehead atoms. The number of aliphatic imine (C=N–C) groups is 2. The number of benzene rings is 4. The second-order valence-electron chi connectivity index (χ2n) is 17.9. The van der Waals surface area contributed by atoms with Crippen molar-refractivity contribution in [3.05, 3.63) is 107 Å². The van der Waals surface area contributed by atoms with Gasteiger partial charge in [-0.3, -0.25) is 24.4 Å². The van der Waals surface area contributed by atoms with E-state index < -0.39 is 0 Å². The summed E-state index contributed by atoms with van der Waals surface area (Å²) in [4.78, 5) is 67.0. The molecule has 17 nitrogen and oxygen atoms in total. The number of nitrogens with two attached hydrogens (primary N) is 1. The Morgan fingerprint density at radius 3 is 1.63 bits per heavy atom. The van der Waals surface area contributed by atoms with Crippen LogP contribution >= 0.6 is 0 Å². The Kier molecular flexibility index (Phi) is 19.5. The number of ether oxygens (including phenoxy) is 4. The molecule has 3 atom stereocenters. The Hall–Kier alpha value is -7.34. The van der Waals surface area contributed by atoms with E-state index in [0.717, 1.165) is 48.5 Å². The number of amides is 3. The predicted octanol–water partition coefficient (Wildman–Crippen LogP) is 7.99. The average molecular weight is 998 g/mol. The lowest BCUT2D eigenvalue weighted by atomic mass is 10.0. The molecule has 4 aromatic carbocycles. The van der Waals surface area contributed by atoms with E-state index in [9.17, 15) is 14.4 Å². The van der Waals surface area contributed by atoms with E-state index in [1.54, 1.807) is 61.4 Å². The Labute approximate surface area is 429 Å². The molecule has 0 radical (unpaired) electrons. The maximum absolute atomic E-state index is 14.0. The summed E-state index contributed by atoms with van der Waals surface area (Å²) in [5, 5.41) is 5.84. The van der Waals surface area contributed by atoms with E-state index in [-0.39, 0.29) is 49.8 Å². The van der Waals surface area contributed by atoms with Crippen LogP contribution in [0.1, 0.15) is 85.7 Å². The Morgan fingerprint density at radius 1 is 0.753 bits per heavy atom. The molecule has 4 aromatic rings. The molecule has 73 heavy (non-hydrogen) atoms. The fourth-order valence-electron chi connectivity index (χ4n) is 8.67. The van der Waals surface area contributed by atoms with Crippen LogP contribution in [-0.4, -0.2) is 144 Å². The van der Waals surface area contributed by atoms with Crippen LogP contribution in [0.5, 0.6) is 23.0 Å². The van der Waals surface area contributed by atoms with Crippen molar-refractivity contribution in [1.29, 1.82) is 0 Å². The molecule has 5 aliphatic rings. The highest BCUT2D eigenvalue weighted by Gasteiger charge is 2.35. The highest BCUT2D eigenvalue weighted by molar-refractivity contribution is 6.06. The molecule has 0 aliphatic carbocycles. The van der Waals surface area contributed by atoms with Crippen molar-refractivity contribution in [2.45, 2.75) is 72.0 Å². The molecular formula is C56H71N9O8. The van der Waals surface area contributed by atoms with Gasteiger partial charge in [0, 0.05) is 100 Å². The minimum absolute atomic E-state index is 0. The van der Waals surface area contributed by atoms with Gasteiger partial charge < -0.3 is 59.7 Å². The van der Waals surface area contributed by atoms with Gasteiger partial charge in [0.15, 0.2) is 23.0 Å². The van der Waals surface area contributed by atoms with Crippen LogP contribution < -0.4 is 40.2 Å². The number of aldehydes is 1. The summed E-state index contributed by atoms with van der Waals surface area (Å²) in [5.74, 6) is 1.34. The van der Waals surface area contributed by atoms with Crippen LogP contribution in [0.15, 0.2) is 95.2 Å². The third-order valence-electron chi connectivity index (χ3n) is 12.8. The van der Waals surface area contributed by atoms with Gasteiger partial charge in [-0.15, -0.1) is 0 Å². The first-order valence-electron chi connectivity index (χ1n) is 24.5. The van der Waals surface area contributed by atoms with Gasteiger partial charge in [-0.1, -0.05) is 52.0 Å². The lowest BCUT2D eigenvalue weighted by Gasteiger charge is -2.34. The second-order valence-corrected chi connectivity index (χ2v) is 17.9.